The Labute approximate surface area is 148 Å². The van der Waals surface area contributed by atoms with E-state index in [1.54, 1.807) is 18.2 Å². The SMILES string of the molecule is Cc1ccc(-n2cc(O)c(=O)cc2N)cc1-c1cc(Cl)ccc1Cl. The molecule has 0 unspecified atom stereocenters. The van der Waals surface area contributed by atoms with Crippen molar-refractivity contribution < 1.29 is 5.11 Å². The van der Waals surface area contributed by atoms with Crippen LogP contribution in [0.3, 0.4) is 0 Å². The minimum atomic E-state index is -0.519. The van der Waals surface area contributed by atoms with E-state index in [2.05, 4.69) is 0 Å². The van der Waals surface area contributed by atoms with Crippen molar-refractivity contribution in [3.8, 4) is 22.6 Å². The molecule has 1 heterocycles. The summed E-state index contributed by atoms with van der Waals surface area (Å²) in [6.07, 6.45) is 1.30. The van der Waals surface area contributed by atoms with Gasteiger partial charge in [-0.05, 0) is 48.4 Å². The highest BCUT2D eigenvalue weighted by Crippen LogP contribution is 2.34. The zero-order valence-corrected chi connectivity index (χ0v) is 14.3. The lowest BCUT2D eigenvalue weighted by atomic mass is 9.99. The molecule has 0 radical (unpaired) electrons. The maximum atomic E-state index is 11.5. The van der Waals surface area contributed by atoms with Crippen LogP contribution in [-0.4, -0.2) is 9.67 Å². The summed E-state index contributed by atoms with van der Waals surface area (Å²) in [5.41, 5.74) is 8.77. The quantitative estimate of drug-likeness (QED) is 0.711. The van der Waals surface area contributed by atoms with Gasteiger partial charge in [0.2, 0.25) is 5.43 Å². The molecule has 0 spiro atoms. The summed E-state index contributed by atoms with van der Waals surface area (Å²) in [5, 5.41) is 10.8. The average Bonchev–Trinajstić information content (AvgIpc) is 2.54. The van der Waals surface area contributed by atoms with Crippen molar-refractivity contribution in [2.45, 2.75) is 6.92 Å². The van der Waals surface area contributed by atoms with Gasteiger partial charge in [-0.15, -0.1) is 0 Å². The van der Waals surface area contributed by atoms with E-state index >= 15 is 0 Å². The predicted molar refractivity (Wildman–Crippen MR) is 98.3 cm³/mol. The number of nitrogens with two attached hydrogens (primary N) is 1. The number of aryl methyl sites for hydroxylation is 1. The first-order valence-electron chi connectivity index (χ1n) is 7.14. The molecule has 122 valence electrons. The highest BCUT2D eigenvalue weighted by atomic mass is 35.5. The zero-order chi connectivity index (χ0) is 17.4. The second kappa shape index (κ2) is 6.23. The van der Waals surface area contributed by atoms with Gasteiger partial charge in [0.1, 0.15) is 5.82 Å². The van der Waals surface area contributed by atoms with Crippen LogP contribution in [0.4, 0.5) is 5.82 Å². The number of nitrogens with zero attached hydrogens (tertiary/aromatic N) is 1. The Kier molecular flexibility index (Phi) is 4.26. The van der Waals surface area contributed by atoms with Gasteiger partial charge >= 0.3 is 0 Å². The number of aromatic nitrogens is 1. The van der Waals surface area contributed by atoms with E-state index in [0.29, 0.717) is 15.7 Å². The Morgan fingerprint density at radius 3 is 2.54 bits per heavy atom. The maximum Gasteiger partial charge on any atom is 0.225 e. The summed E-state index contributed by atoms with van der Waals surface area (Å²) in [5.74, 6) is -0.142. The first-order chi connectivity index (χ1) is 11.4. The van der Waals surface area contributed by atoms with E-state index in [0.717, 1.165) is 16.7 Å². The number of aromatic hydroxyl groups is 1. The fraction of sp³-hybridized carbons (Fsp3) is 0.0556. The third-order valence-electron chi connectivity index (χ3n) is 3.78. The van der Waals surface area contributed by atoms with Crippen LogP contribution >= 0.6 is 23.2 Å². The van der Waals surface area contributed by atoms with Gasteiger partial charge in [-0.1, -0.05) is 29.3 Å². The molecular formula is C18H14Cl2N2O2. The molecule has 0 saturated carbocycles. The Morgan fingerprint density at radius 1 is 1.04 bits per heavy atom. The van der Waals surface area contributed by atoms with Crippen LogP contribution in [-0.2, 0) is 0 Å². The van der Waals surface area contributed by atoms with Crippen molar-refractivity contribution >= 4 is 29.0 Å². The molecule has 3 N–H and O–H groups in total. The average molecular weight is 361 g/mol. The van der Waals surface area contributed by atoms with Crippen molar-refractivity contribution in [2.75, 3.05) is 5.73 Å². The minimum absolute atomic E-state index is 0.227. The number of halogens is 2. The van der Waals surface area contributed by atoms with Gasteiger partial charge in [0, 0.05) is 27.4 Å². The van der Waals surface area contributed by atoms with Crippen LogP contribution in [0.2, 0.25) is 10.0 Å². The van der Waals surface area contributed by atoms with Crippen LogP contribution in [0, 0.1) is 6.92 Å². The molecule has 24 heavy (non-hydrogen) atoms. The predicted octanol–water partition coefficient (Wildman–Crippen LogP) is 4.41. The second-order valence-corrected chi connectivity index (χ2v) is 6.28. The van der Waals surface area contributed by atoms with E-state index in [4.69, 9.17) is 28.9 Å². The number of nitrogen functional groups attached to an aromatic ring is 1. The zero-order valence-electron chi connectivity index (χ0n) is 12.8. The molecule has 0 amide bonds. The molecule has 0 fully saturated rings. The molecule has 0 aliphatic carbocycles. The summed E-state index contributed by atoms with van der Waals surface area (Å²) < 4.78 is 1.54. The summed E-state index contributed by atoms with van der Waals surface area (Å²) in [6, 6.07) is 12.1. The molecule has 0 aliphatic rings. The number of hydrogen-bond donors (Lipinski definition) is 2. The van der Waals surface area contributed by atoms with Crippen LogP contribution in [0.15, 0.2) is 53.5 Å². The first-order valence-corrected chi connectivity index (χ1v) is 7.90. The molecule has 0 bridgehead atoms. The number of rotatable bonds is 2. The number of pyridine rings is 1. The molecule has 3 aromatic rings. The number of anilines is 1. The minimum Gasteiger partial charge on any atom is -0.503 e. The molecule has 3 rings (SSSR count). The summed E-state index contributed by atoms with van der Waals surface area (Å²) >= 11 is 12.4. The third-order valence-corrected chi connectivity index (χ3v) is 4.34. The van der Waals surface area contributed by atoms with E-state index in [-0.39, 0.29) is 11.6 Å². The van der Waals surface area contributed by atoms with Gasteiger partial charge in [0.05, 0.1) is 6.20 Å². The first kappa shape index (κ1) is 16.4. The van der Waals surface area contributed by atoms with E-state index < -0.39 is 5.43 Å². The molecule has 2 aromatic carbocycles. The van der Waals surface area contributed by atoms with E-state index in [9.17, 15) is 9.90 Å². The van der Waals surface area contributed by atoms with E-state index in [1.165, 1.54) is 16.8 Å². The molecule has 0 atom stereocenters. The smallest absolute Gasteiger partial charge is 0.225 e. The summed E-state index contributed by atoms with van der Waals surface area (Å²) in [4.78, 5) is 11.5. The fourth-order valence-electron chi connectivity index (χ4n) is 2.52. The van der Waals surface area contributed by atoms with Crippen molar-refractivity contribution in [1.29, 1.82) is 0 Å². The summed E-state index contributed by atoms with van der Waals surface area (Å²) in [7, 11) is 0. The van der Waals surface area contributed by atoms with Crippen molar-refractivity contribution in [1.82, 2.24) is 4.57 Å². The van der Waals surface area contributed by atoms with Crippen LogP contribution in [0.1, 0.15) is 5.56 Å². The monoisotopic (exact) mass is 360 g/mol. The van der Waals surface area contributed by atoms with Gasteiger partial charge < -0.3 is 10.8 Å². The number of hydrogen-bond acceptors (Lipinski definition) is 3. The standard InChI is InChI=1S/C18H14Cl2N2O2/c1-10-2-4-12(22-9-17(24)16(23)8-18(22)21)7-13(10)14-6-11(19)3-5-15(14)20/h2-9,24H,21H2,1H3. The van der Waals surface area contributed by atoms with Gasteiger partial charge in [-0.3, -0.25) is 9.36 Å². The van der Waals surface area contributed by atoms with Gasteiger partial charge in [0.15, 0.2) is 5.75 Å². The largest absolute Gasteiger partial charge is 0.503 e. The lowest BCUT2D eigenvalue weighted by Crippen LogP contribution is -2.10. The number of benzene rings is 2. The van der Waals surface area contributed by atoms with Crippen molar-refractivity contribution in [2.24, 2.45) is 0 Å². The fourth-order valence-corrected chi connectivity index (χ4v) is 2.91. The second-order valence-electron chi connectivity index (χ2n) is 5.44. The Morgan fingerprint density at radius 2 is 1.79 bits per heavy atom. The van der Waals surface area contributed by atoms with Gasteiger partial charge in [0.25, 0.3) is 0 Å². The van der Waals surface area contributed by atoms with Gasteiger partial charge in [-0.25, -0.2) is 0 Å². The van der Waals surface area contributed by atoms with Crippen LogP contribution < -0.4 is 11.2 Å². The molecular weight excluding hydrogens is 347 g/mol. The lowest BCUT2D eigenvalue weighted by molar-refractivity contribution is 0.466. The third kappa shape index (κ3) is 2.98. The normalized spacial score (nSPS) is 10.8. The Balaban J connectivity index is 2.22. The Bertz CT molecular complexity index is 997. The molecule has 4 nitrogen and oxygen atoms in total. The Hall–Kier alpha value is -2.43. The van der Waals surface area contributed by atoms with Crippen LogP contribution in [0.25, 0.3) is 16.8 Å². The highest BCUT2D eigenvalue weighted by Gasteiger charge is 2.11. The van der Waals surface area contributed by atoms with Gasteiger partial charge in [-0.2, -0.15) is 0 Å². The van der Waals surface area contributed by atoms with Crippen molar-refractivity contribution in [3.05, 3.63) is 74.5 Å². The van der Waals surface area contributed by atoms with Crippen LogP contribution in [0.5, 0.6) is 5.75 Å². The van der Waals surface area contributed by atoms with E-state index in [1.807, 2.05) is 25.1 Å². The molecule has 0 aliphatic heterocycles. The maximum absolute atomic E-state index is 11.5. The van der Waals surface area contributed by atoms with Crippen molar-refractivity contribution in [3.63, 3.8) is 0 Å². The topological polar surface area (TPSA) is 68.2 Å². The summed E-state index contributed by atoms with van der Waals surface area (Å²) in [6.45, 7) is 1.96. The lowest BCUT2D eigenvalue weighted by Gasteiger charge is -2.15. The molecule has 6 heteroatoms. The highest BCUT2D eigenvalue weighted by molar-refractivity contribution is 6.35. The molecule has 0 saturated heterocycles. The molecule has 1 aromatic heterocycles.